The molecule has 1 saturated heterocycles. The van der Waals surface area contributed by atoms with Crippen molar-refractivity contribution < 1.29 is 23.9 Å². The Morgan fingerprint density at radius 2 is 1.89 bits per heavy atom. The van der Waals surface area contributed by atoms with Gasteiger partial charge in [0.1, 0.15) is 0 Å². The van der Waals surface area contributed by atoms with Gasteiger partial charge in [-0.25, -0.2) is 4.79 Å². The summed E-state index contributed by atoms with van der Waals surface area (Å²) in [6, 6.07) is 7.84. The molecule has 2 aliphatic rings. The number of ether oxygens (including phenoxy) is 2. The maximum atomic E-state index is 13.1. The molecule has 196 valence electrons. The molecule has 1 aliphatic heterocycles. The fourth-order valence-electron chi connectivity index (χ4n) is 5.59. The summed E-state index contributed by atoms with van der Waals surface area (Å²) in [6.45, 7) is 8.04. The fraction of sp³-hybridized carbons (Fsp3) is 0.621. The average molecular weight is 497 g/mol. The Hall–Kier alpha value is -3.01. The van der Waals surface area contributed by atoms with Gasteiger partial charge in [-0.15, -0.1) is 0 Å². The van der Waals surface area contributed by atoms with E-state index < -0.39 is 11.6 Å². The van der Waals surface area contributed by atoms with E-state index in [9.17, 15) is 14.4 Å². The van der Waals surface area contributed by atoms with Gasteiger partial charge in [0, 0.05) is 43.6 Å². The number of esters is 1. The lowest BCUT2D eigenvalue weighted by atomic mass is 9.72. The van der Waals surface area contributed by atoms with E-state index in [2.05, 4.69) is 11.8 Å². The molecule has 1 heterocycles. The Kier molecular flexibility index (Phi) is 9.81. The van der Waals surface area contributed by atoms with E-state index >= 15 is 0 Å². The van der Waals surface area contributed by atoms with Crippen LogP contribution < -0.4 is 0 Å². The molecule has 1 aromatic carbocycles. The van der Waals surface area contributed by atoms with Crippen molar-refractivity contribution in [3.05, 3.63) is 35.4 Å². The molecular formula is C29H40N2O5. The summed E-state index contributed by atoms with van der Waals surface area (Å²) in [5.74, 6) is 6.07. The molecule has 0 unspecified atom stereocenters. The van der Waals surface area contributed by atoms with Crippen LogP contribution in [0.1, 0.15) is 76.3 Å². The largest absolute Gasteiger partial charge is 0.453 e. The Morgan fingerprint density at radius 1 is 1.14 bits per heavy atom. The Labute approximate surface area is 215 Å². The van der Waals surface area contributed by atoms with Gasteiger partial charge in [0.25, 0.3) is 0 Å². The van der Waals surface area contributed by atoms with Crippen molar-refractivity contribution in [2.45, 2.75) is 83.8 Å². The zero-order valence-electron chi connectivity index (χ0n) is 22.2. The number of carbonyl (C=O) groups is 3. The third kappa shape index (κ3) is 6.60. The van der Waals surface area contributed by atoms with Crippen molar-refractivity contribution in [2.24, 2.45) is 5.92 Å². The first kappa shape index (κ1) is 27.6. The minimum absolute atomic E-state index is 0.0187. The third-order valence-electron chi connectivity index (χ3n) is 7.22. The van der Waals surface area contributed by atoms with Crippen molar-refractivity contribution in [1.29, 1.82) is 0 Å². The van der Waals surface area contributed by atoms with Crippen LogP contribution in [0.25, 0.3) is 0 Å². The zero-order valence-corrected chi connectivity index (χ0v) is 22.2. The minimum Gasteiger partial charge on any atom is -0.453 e. The van der Waals surface area contributed by atoms with Crippen molar-refractivity contribution in [3.8, 4) is 11.8 Å². The van der Waals surface area contributed by atoms with E-state index in [1.165, 1.54) is 7.11 Å². The second-order valence-electron chi connectivity index (χ2n) is 9.88. The van der Waals surface area contributed by atoms with E-state index in [1.807, 2.05) is 49.9 Å². The highest BCUT2D eigenvalue weighted by Gasteiger charge is 2.53. The predicted octanol–water partition coefficient (Wildman–Crippen LogP) is 4.70. The lowest BCUT2D eigenvalue weighted by molar-refractivity contribution is -0.164. The number of benzene rings is 1. The molecule has 36 heavy (non-hydrogen) atoms. The number of methoxy groups -OCH3 is 1. The van der Waals surface area contributed by atoms with Gasteiger partial charge in [0.15, 0.2) is 5.60 Å². The van der Waals surface area contributed by atoms with Crippen LogP contribution in [0.15, 0.2) is 24.3 Å². The first-order valence-electron chi connectivity index (χ1n) is 13.3. The SMILES string of the molecule is CCCN(CCC)C(=O)CCC(=O)O[C@@]1(C#Cc2cccc(C)c2)CCC[C@@H]2[C@H]1CCN2C(=O)OC. The number of aryl methyl sites for hydroxylation is 1. The van der Waals surface area contributed by atoms with Crippen molar-refractivity contribution in [2.75, 3.05) is 26.7 Å². The maximum absolute atomic E-state index is 13.1. The summed E-state index contributed by atoms with van der Waals surface area (Å²) in [4.78, 5) is 41.8. The quantitative estimate of drug-likeness (QED) is 0.385. The number of fused-ring (bicyclic) bond motifs is 1. The van der Waals surface area contributed by atoms with Crippen LogP contribution in [0.2, 0.25) is 0 Å². The monoisotopic (exact) mass is 496 g/mol. The molecule has 3 atom stereocenters. The summed E-state index contributed by atoms with van der Waals surface area (Å²) in [7, 11) is 1.39. The molecule has 1 aliphatic carbocycles. The number of likely N-dealkylation sites (tertiary alicyclic amines) is 1. The van der Waals surface area contributed by atoms with Crippen LogP contribution in [0.5, 0.6) is 0 Å². The summed E-state index contributed by atoms with van der Waals surface area (Å²) in [5.41, 5.74) is 0.969. The number of rotatable bonds is 8. The van der Waals surface area contributed by atoms with Crippen molar-refractivity contribution >= 4 is 18.0 Å². The van der Waals surface area contributed by atoms with Gasteiger partial charge in [-0.3, -0.25) is 9.59 Å². The Bertz CT molecular complexity index is 991. The summed E-state index contributed by atoms with van der Waals surface area (Å²) in [5, 5.41) is 0. The second-order valence-corrected chi connectivity index (χ2v) is 9.88. The van der Waals surface area contributed by atoms with E-state index in [1.54, 1.807) is 4.90 Å². The number of carbonyl (C=O) groups excluding carboxylic acids is 3. The van der Waals surface area contributed by atoms with E-state index in [4.69, 9.17) is 9.47 Å². The van der Waals surface area contributed by atoms with Gasteiger partial charge in [-0.05, 0) is 69.1 Å². The van der Waals surface area contributed by atoms with Gasteiger partial charge in [-0.2, -0.15) is 0 Å². The van der Waals surface area contributed by atoms with E-state index in [0.717, 1.165) is 36.8 Å². The lowest BCUT2D eigenvalue weighted by Gasteiger charge is -2.42. The minimum atomic E-state index is -0.998. The van der Waals surface area contributed by atoms with Crippen molar-refractivity contribution in [1.82, 2.24) is 9.80 Å². The van der Waals surface area contributed by atoms with Crippen LogP contribution in [0.3, 0.4) is 0 Å². The molecular weight excluding hydrogens is 456 g/mol. The molecule has 1 aromatic rings. The highest BCUT2D eigenvalue weighted by molar-refractivity contribution is 5.81. The molecule has 1 saturated carbocycles. The van der Waals surface area contributed by atoms with Gasteiger partial charge < -0.3 is 19.3 Å². The molecule has 0 aromatic heterocycles. The van der Waals surface area contributed by atoms with Crippen molar-refractivity contribution in [3.63, 3.8) is 0 Å². The fourth-order valence-corrected chi connectivity index (χ4v) is 5.59. The van der Waals surface area contributed by atoms with Crippen LogP contribution in [-0.2, 0) is 19.1 Å². The standard InChI is InChI=1S/C29H40N2O5/c1-5-18-30(19-6-2)26(32)12-13-27(33)36-29(17-14-23-10-7-9-22(3)21-23)16-8-11-25-24(29)15-20-31(25)28(34)35-4/h7,9-10,21,24-25H,5-6,8,11-13,15-16,18-20H2,1-4H3/t24-,25-,29-/m1/s1. The first-order chi connectivity index (χ1) is 17.3. The molecule has 0 radical (unpaired) electrons. The molecule has 7 nitrogen and oxygen atoms in total. The third-order valence-corrected chi connectivity index (χ3v) is 7.22. The number of nitrogens with zero attached hydrogens (tertiary/aromatic N) is 2. The molecule has 0 spiro atoms. The maximum Gasteiger partial charge on any atom is 0.409 e. The lowest BCUT2D eigenvalue weighted by Crippen LogP contribution is -2.51. The summed E-state index contributed by atoms with van der Waals surface area (Å²) >= 11 is 0. The topological polar surface area (TPSA) is 76.2 Å². The molecule has 0 N–H and O–H groups in total. The second kappa shape index (κ2) is 12.8. The van der Waals surface area contributed by atoms with E-state index in [0.29, 0.717) is 32.5 Å². The highest BCUT2D eigenvalue weighted by atomic mass is 16.6. The number of hydrogen-bond donors (Lipinski definition) is 0. The molecule has 7 heteroatoms. The normalized spacial score (nSPS) is 22.7. The van der Waals surface area contributed by atoms with Crippen LogP contribution in [0.4, 0.5) is 4.79 Å². The zero-order chi connectivity index (χ0) is 26.1. The van der Waals surface area contributed by atoms with Gasteiger partial charge in [0.05, 0.1) is 13.5 Å². The van der Waals surface area contributed by atoms with Gasteiger partial charge in [0.2, 0.25) is 5.91 Å². The van der Waals surface area contributed by atoms with Crippen LogP contribution in [0, 0.1) is 24.7 Å². The average Bonchev–Trinajstić information content (AvgIpc) is 3.31. The van der Waals surface area contributed by atoms with Crippen LogP contribution in [-0.4, -0.2) is 66.2 Å². The smallest absolute Gasteiger partial charge is 0.409 e. The van der Waals surface area contributed by atoms with Gasteiger partial charge in [-0.1, -0.05) is 31.9 Å². The molecule has 2 fully saturated rings. The van der Waals surface area contributed by atoms with E-state index in [-0.39, 0.29) is 36.8 Å². The Morgan fingerprint density at radius 3 is 2.56 bits per heavy atom. The summed E-state index contributed by atoms with van der Waals surface area (Å²) in [6.07, 6.45) is 4.47. The summed E-state index contributed by atoms with van der Waals surface area (Å²) < 4.78 is 11.2. The molecule has 3 rings (SSSR count). The first-order valence-corrected chi connectivity index (χ1v) is 13.3. The number of hydrogen-bond acceptors (Lipinski definition) is 5. The molecule has 0 bridgehead atoms. The Balaban J connectivity index is 1.82. The van der Waals surface area contributed by atoms with Crippen LogP contribution >= 0.6 is 0 Å². The number of amides is 2. The predicted molar refractivity (Wildman–Crippen MR) is 138 cm³/mol. The molecule has 2 amide bonds. The highest BCUT2D eigenvalue weighted by Crippen LogP contribution is 2.45. The van der Waals surface area contributed by atoms with Gasteiger partial charge >= 0.3 is 12.1 Å².